The lowest BCUT2D eigenvalue weighted by atomic mass is 9.96. The average molecular weight is 320 g/mol. The van der Waals surface area contributed by atoms with Crippen LogP contribution in [0.4, 0.5) is 4.79 Å². The highest BCUT2D eigenvalue weighted by Gasteiger charge is 2.30. The molecule has 0 radical (unpaired) electrons. The number of carboxylic acid groups (broad SMARTS) is 1. The zero-order chi connectivity index (χ0) is 14.7. The molecule has 110 valence electrons. The fourth-order valence-corrected chi connectivity index (χ4v) is 2.59. The van der Waals surface area contributed by atoms with Gasteiger partial charge in [-0.2, -0.15) is 0 Å². The average Bonchev–Trinajstić information content (AvgIpc) is 2.64. The highest BCUT2D eigenvalue weighted by Crippen LogP contribution is 2.33. The van der Waals surface area contributed by atoms with Crippen molar-refractivity contribution >= 4 is 29.3 Å². The van der Waals surface area contributed by atoms with Gasteiger partial charge in [-0.25, -0.2) is 4.79 Å². The first-order valence-corrected chi connectivity index (χ1v) is 6.93. The molecule has 1 aromatic carbocycles. The van der Waals surface area contributed by atoms with Crippen LogP contribution in [0, 0.1) is 5.92 Å². The van der Waals surface area contributed by atoms with E-state index in [4.69, 9.17) is 33.0 Å². The molecule has 0 unspecified atom stereocenters. The van der Waals surface area contributed by atoms with Gasteiger partial charge >= 0.3 is 6.09 Å². The van der Waals surface area contributed by atoms with Gasteiger partial charge < -0.3 is 19.8 Å². The molecule has 1 aromatic rings. The molecule has 7 heteroatoms. The normalized spacial score (nSPS) is 23.4. The summed E-state index contributed by atoms with van der Waals surface area (Å²) in [7, 11) is 0. The van der Waals surface area contributed by atoms with E-state index in [1.807, 2.05) is 0 Å². The van der Waals surface area contributed by atoms with Gasteiger partial charge in [-0.05, 0) is 17.7 Å². The minimum absolute atomic E-state index is 0.172. The Morgan fingerprint density at radius 2 is 2.15 bits per heavy atom. The number of rotatable bonds is 2. The lowest BCUT2D eigenvalue weighted by molar-refractivity contribution is 0.0114. The fraction of sp³-hybridized carbons (Fsp3) is 0.462. The first-order valence-electron chi connectivity index (χ1n) is 6.18. The van der Waals surface area contributed by atoms with E-state index in [0.29, 0.717) is 10.0 Å². The molecule has 1 saturated heterocycles. The highest BCUT2D eigenvalue weighted by atomic mass is 35.5. The minimum Gasteiger partial charge on any atom is -0.465 e. The van der Waals surface area contributed by atoms with E-state index in [2.05, 4.69) is 0 Å². The molecule has 1 amide bonds. The Morgan fingerprint density at radius 3 is 2.75 bits per heavy atom. The summed E-state index contributed by atoms with van der Waals surface area (Å²) in [5.74, 6) is -0.342. The molecule has 2 N–H and O–H groups in total. The first kappa shape index (κ1) is 15.4. The molecule has 0 aliphatic carbocycles. The van der Waals surface area contributed by atoms with Crippen LogP contribution in [0.2, 0.25) is 10.0 Å². The van der Waals surface area contributed by atoms with Gasteiger partial charge in [0.1, 0.15) is 0 Å². The molecule has 20 heavy (non-hydrogen) atoms. The van der Waals surface area contributed by atoms with Gasteiger partial charge in [0.2, 0.25) is 0 Å². The number of ether oxygens (including phenoxy) is 1. The van der Waals surface area contributed by atoms with Crippen molar-refractivity contribution in [1.82, 2.24) is 4.90 Å². The lowest BCUT2D eigenvalue weighted by Crippen LogP contribution is -2.36. The molecular formula is C13H15Cl2NO4. The highest BCUT2D eigenvalue weighted by molar-refractivity contribution is 6.42. The van der Waals surface area contributed by atoms with E-state index < -0.39 is 12.2 Å². The molecule has 1 fully saturated rings. The zero-order valence-corrected chi connectivity index (χ0v) is 12.1. The van der Waals surface area contributed by atoms with Gasteiger partial charge in [-0.15, -0.1) is 0 Å². The molecular weight excluding hydrogens is 305 g/mol. The number of nitrogens with zero attached hydrogens (tertiary/aromatic N) is 1. The Balaban J connectivity index is 2.24. The minimum atomic E-state index is -1.01. The van der Waals surface area contributed by atoms with Crippen molar-refractivity contribution in [2.45, 2.75) is 6.10 Å². The summed E-state index contributed by atoms with van der Waals surface area (Å²) >= 11 is 11.9. The number of aliphatic hydroxyl groups excluding tert-OH is 1. The zero-order valence-electron chi connectivity index (χ0n) is 10.6. The fourth-order valence-electron chi connectivity index (χ4n) is 2.28. The summed E-state index contributed by atoms with van der Waals surface area (Å²) < 4.78 is 5.70. The third-order valence-corrected chi connectivity index (χ3v) is 4.06. The molecule has 0 aromatic heterocycles. The summed E-state index contributed by atoms with van der Waals surface area (Å²) in [5, 5.41) is 19.4. The van der Waals surface area contributed by atoms with Crippen LogP contribution in [0.1, 0.15) is 11.7 Å². The van der Waals surface area contributed by atoms with Crippen LogP contribution in [0.3, 0.4) is 0 Å². The summed E-state index contributed by atoms with van der Waals surface area (Å²) in [4.78, 5) is 12.3. The maximum absolute atomic E-state index is 11.1. The topological polar surface area (TPSA) is 70.0 Å². The van der Waals surface area contributed by atoms with Crippen molar-refractivity contribution in [3.05, 3.63) is 33.8 Å². The Morgan fingerprint density at radius 1 is 1.40 bits per heavy atom. The number of carbonyl (C=O) groups is 1. The largest absolute Gasteiger partial charge is 0.465 e. The number of amides is 1. The van der Waals surface area contributed by atoms with Crippen molar-refractivity contribution in [1.29, 1.82) is 0 Å². The van der Waals surface area contributed by atoms with Crippen LogP contribution < -0.4 is 0 Å². The maximum atomic E-state index is 11.1. The predicted octanol–water partition coefficient (Wildman–Crippen LogP) is 2.65. The summed E-state index contributed by atoms with van der Waals surface area (Å²) in [6.45, 7) is 0.600. The second-order valence-electron chi connectivity index (χ2n) is 4.64. The first-order chi connectivity index (χ1) is 9.52. The van der Waals surface area contributed by atoms with E-state index >= 15 is 0 Å². The summed E-state index contributed by atoms with van der Waals surface area (Å²) in [6.07, 6.45) is -1.42. The molecule has 2 atom stereocenters. The van der Waals surface area contributed by atoms with Crippen LogP contribution in [0.15, 0.2) is 18.2 Å². The van der Waals surface area contributed by atoms with Crippen LogP contribution in [-0.4, -0.2) is 47.5 Å². The Hall–Kier alpha value is -1.01. The number of aliphatic hydroxyl groups is 1. The molecule has 2 rings (SSSR count). The predicted molar refractivity (Wildman–Crippen MR) is 75.3 cm³/mol. The van der Waals surface area contributed by atoms with Crippen molar-refractivity contribution in [3.63, 3.8) is 0 Å². The third-order valence-electron chi connectivity index (χ3n) is 3.32. The lowest BCUT2D eigenvalue weighted by Gasteiger charge is -2.25. The number of hydrogen-bond acceptors (Lipinski definition) is 3. The Kier molecular flexibility index (Phi) is 5.10. The van der Waals surface area contributed by atoms with Crippen LogP contribution in [-0.2, 0) is 4.74 Å². The van der Waals surface area contributed by atoms with Gasteiger partial charge in [-0.3, -0.25) is 0 Å². The second-order valence-corrected chi connectivity index (χ2v) is 5.45. The van der Waals surface area contributed by atoms with Crippen LogP contribution >= 0.6 is 23.2 Å². The Bertz CT molecular complexity index is 497. The standard InChI is InChI=1S/C13H15Cl2NO4/c14-10-2-1-8(5-11(10)15)12-9(7-17)6-16(13(18)19)3-4-20-12/h1-2,5,9,12,17H,3-4,6-7H2,(H,18,19)/t9-,12-/m1/s1. The molecule has 1 aliphatic rings. The van der Waals surface area contributed by atoms with E-state index in [1.165, 1.54) is 4.90 Å². The van der Waals surface area contributed by atoms with Crippen molar-refractivity contribution < 1.29 is 19.7 Å². The van der Waals surface area contributed by atoms with E-state index in [-0.39, 0.29) is 32.2 Å². The third kappa shape index (κ3) is 3.35. The summed E-state index contributed by atoms with van der Waals surface area (Å²) in [6, 6.07) is 5.13. The number of benzene rings is 1. The van der Waals surface area contributed by atoms with Gasteiger partial charge in [0.25, 0.3) is 0 Å². The van der Waals surface area contributed by atoms with Gasteiger partial charge in [0.15, 0.2) is 0 Å². The van der Waals surface area contributed by atoms with Crippen LogP contribution in [0.25, 0.3) is 0 Å². The molecule has 5 nitrogen and oxygen atoms in total. The molecule has 0 saturated carbocycles. The van der Waals surface area contributed by atoms with Crippen LogP contribution in [0.5, 0.6) is 0 Å². The van der Waals surface area contributed by atoms with E-state index in [0.717, 1.165) is 5.56 Å². The smallest absolute Gasteiger partial charge is 0.407 e. The molecule has 1 heterocycles. The van der Waals surface area contributed by atoms with Gasteiger partial charge in [0.05, 0.1) is 29.4 Å². The van der Waals surface area contributed by atoms with E-state index in [9.17, 15) is 9.90 Å². The van der Waals surface area contributed by atoms with Crippen molar-refractivity contribution in [2.24, 2.45) is 5.92 Å². The second kappa shape index (κ2) is 6.63. The molecule has 0 spiro atoms. The quantitative estimate of drug-likeness (QED) is 0.879. The van der Waals surface area contributed by atoms with Gasteiger partial charge in [-0.1, -0.05) is 29.3 Å². The molecule has 0 bridgehead atoms. The monoisotopic (exact) mass is 319 g/mol. The number of halogens is 2. The SMILES string of the molecule is O=C(O)N1CCO[C@H](c2ccc(Cl)c(Cl)c2)[C@@H](CO)C1. The summed E-state index contributed by atoms with van der Waals surface area (Å²) in [5.41, 5.74) is 0.783. The Labute approximate surface area is 126 Å². The molecule has 1 aliphatic heterocycles. The van der Waals surface area contributed by atoms with Crippen molar-refractivity contribution in [2.75, 3.05) is 26.3 Å². The number of hydrogen-bond donors (Lipinski definition) is 2. The van der Waals surface area contributed by atoms with Crippen molar-refractivity contribution in [3.8, 4) is 0 Å². The maximum Gasteiger partial charge on any atom is 0.407 e. The van der Waals surface area contributed by atoms with E-state index in [1.54, 1.807) is 18.2 Å². The van der Waals surface area contributed by atoms with Gasteiger partial charge in [0, 0.05) is 19.0 Å².